The van der Waals surface area contributed by atoms with Crippen LogP contribution in [0.15, 0.2) is 51.7 Å². The van der Waals surface area contributed by atoms with Crippen LogP contribution in [-0.4, -0.2) is 42.9 Å². The SMILES string of the molecule is COC(=O)CC(NC(=O)C1CCN(C(=O)c2ccoc2)CC1)c1ccc(Br)cc1. The summed E-state index contributed by atoms with van der Waals surface area (Å²) in [5.74, 6) is -0.800. The van der Waals surface area contributed by atoms with Gasteiger partial charge in [-0.15, -0.1) is 0 Å². The molecule has 0 aliphatic carbocycles. The van der Waals surface area contributed by atoms with E-state index in [4.69, 9.17) is 9.15 Å². The van der Waals surface area contributed by atoms with Gasteiger partial charge in [0.25, 0.3) is 5.91 Å². The molecule has 0 spiro atoms. The zero-order valence-corrected chi connectivity index (χ0v) is 17.7. The number of methoxy groups -OCH3 is 1. The Labute approximate surface area is 177 Å². The topological polar surface area (TPSA) is 88.9 Å². The summed E-state index contributed by atoms with van der Waals surface area (Å²) in [5, 5.41) is 2.99. The quantitative estimate of drug-likeness (QED) is 0.665. The molecule has 1 unspecified atom stereocenters. The molecule has 7 nitrogen and oxygen atoms in total. The molecule has 1 atom stereocenters. The van der Waals surface area contributed by atoms with E-state index in [9.17, 15) is 14.4 Å². The second-order valence-electron chi connectivity index (χ2n) is 6.97. The second kappa shape index (κ2) is 9.73. The smallest absolute Gasteiger partial charge is 0.307 e. The van der Waals surface area contributed by atoms with Gasteiger partial charge >= 0.3 is 5.97 Å². The lowest BCUT2D eigenvalue weighted by atomic mass is 9.94. The van der Waals surface area contributed by atoms with Crippen LogP contribution in [0.4, 0.5) is 0 Å². The maximum absolute atomic E-state index is 12.8. The van der Waals surface area contributed by atoms with Crippen molar-refractivity contribution < 1.29 is 23.5 Å². The minimum absolute atomic E-state index is 0.0572. The van der Waals surface area contributed by atoms with Crippen molar-refractivity contribution >= 4 is 33.7 Å². The number of esters is 1. The summed E-state index contributed by atoms with van der Waals surface area (Å²) in [7, 11) is 1.33. The Kier molecular flexibility index (Phi) is 7.09. The van der Waals surface area contributed by atoms with Crippen LogP contribution in [0.1, 0.15) is 41.2 Å². The van der Waals surface area contributed by atoms with Crippen molar-refractivity contribution in [3.63, 3.8) is 0 Å². The van der Waals surface area contributed by atoms with Crippen LogP contribution in [0, 0.1) is 5.92 Å². The third kappa shape index (κ3) is 5.47. The van der Waals surface area contributed by atoms with Gasteiger partial charge in [-0.25, -0.2) is 0 Å². The Morgan fingerprint density at radius 2 is 1.90 bits per heavy atom. The standard InChI is InChI=1S/C21H23BrN2O5/c1-28-19(25)12-18(14-2-4-17(22)5-3-14)23-20(26)15-6-9-24(10-7-15)21(27)16-8-11-29-13-16/h2-5,8,11,13,15,18H,6-7,9-10,12H2,1H3,(H,23,26). The van der Waals surface area contributed by atoms with E-state index < -0.39 is 12.0 Å². The number of piperidine rings is 1. The lowest BCUT2D eigenvalue weighted by Gasteiger charge is -2.32. The Balaban J connectivity index is 1.60. The van der Waals surface area contributed by atoms with E-state index in [1.807, 2.05) is 24.3 Å². The zero-order valence-electron chi connectivity index (χ0n) is 16.1. The number of rotatable bonds is 6. The molecule has 8 heteroatoms. The highest BCUT2D eigenvalue weighted by molar-refractivity contribution is 9.10. The van der Waals surface area contributed by atoms with Crippen molar-refractivity contribution in [3.05, 3.63) is 58.5 Å². The molecule has 0 radical (unpaired) electrons. The molecule has 1 fully saturated rings. The van der Waals surface area contributed by atoms with Crippen LogP contribution in [-0.2, 0) is 14.3 Å². The largest absolute Gasteiger partial charge is 0.472 e. The van der Waals surface area contributed by atoms with Crippen LogP contribution < -0.4 is 5.32 Å². The Hall–Kier alpha value is -2.61. The fourth-order valence-electron chi connectivity index (χ4n) is 3.40. The van der Waals surface area contributed by atoms with Gasteiger partial charge in [0.1, 0.15) is 6.26 Å². The molecule has 0 saturated carbocycles. The minimum Gasteiger partial charge on any atom is -0.472 e. The van der Waals surface area contributed by atoms with Crippen LogP contribution in [0.5, 0.6) is 0 Å². The van der Waals surface area contributed by atoms with E-state index in [0.717, 1.165) is 10.0 Å². The number of hydrogen-bond acceptors (Lipinski definition) is 5. The van der Waals surface area contributed by atoms with Crippen molar-refractivity contribution in [2.45, 2.75) is 25.3 Å². The number of ether oxygens (including phenoxy) is 1. The van der Waals surface area contributed by atoms with Crippen LogP contribution in [0.25, 0.3) is 0 Å². The zero-order chi connectivity index (χ0) is 20.8. The molecule has 2 amide bonds. The van der Waals surface area contributed by atoms with Crippen molar-refractivity contribution in [3.8, 4) is 0 Å². The first-order valence-corrected chi connectivity index (χ1v) is 10.2. The molecular formula is C21H23BrN2O5. The summed E-state index contributed by atoms with van der Waals surface area (Å²) in [5.41, 5.74) is 1.35. The fraction of sp³-hybridized carbons (Fsp3) is 0.381. The fourth-order valence-corrected chi connectivity index (χ4v) is 3.66. The first kappa shape index (κ1) is 21.1. The molecule has 2 heterocycles. The van der Waals surface area contributed by atoms with Crippen LogP contribution in [0.3, 0.4) is 0 Å². The predicted molar refractivity (Wildman–Crippen MR) is 109 cm³/mol. The molecule has 1 N–H and O–H groups in total. The van der Waals surface area contributed by atoms with Gasteiger partial charge < -0.3 is 19.4 Å². The Bertz CT molecular complexity index is 842. The molecule has 154 valence electrons. The van der Waals surface area contributed by atoms with Gasteiger partial charge in [0.15, 0.2) is 0 Å². The highest BCUT2D eigenvalue weighted by Gasteiger charge is 2.30. The monoisotopic (exact) mass is 462 g/mol. The molecule has 1 saturated heterocycles. The van der Waals surface area contributed by atoms with Crippen molar-refractivity contribution in [1.29, 1.82) is 0 Å². The second-order valence-corrected chi connectivity index (χ2v) is 7.89. The number of hydrogen-bond donors (Lipinski definition) is 1. The molecule has 2 aromatic rings. The van der Waals surface area contributed by atoms with E-state index in [-0.39, 0.29) is 24.2 Å². The number of nitrogens with one attached hydrogen (secondary N) is 1. The lowest BCUT2D eigenvalue weighted by molar-refractivity contribution is -0.141. The highest BCUT2D eigenvalue weighted by Crippen LogP contribution is 2.24. The van der Waals surface area contributed by atoms with E-state index in [2.05, 4.69) is 21.2 Å². The molecular weight excluding hydrogens is 440 g/mol. The number of furan rings is 1. The molecule has 29 heavy (non-hydrogen) atoms. The van der Waals surface area contributed by atoms with E-state index in [1.54, 1.807) is 11.0 Å². The summed E-state index contributed by atoms with van der Waals surface area (Å²) in [6.07, 6.45) is 4.09. The van der Waals surface area contributed by atoms with Crippen LogP contribution >= 0.6 is 15.9 Å². The maximum Gasteiger partial charge on any atom is 0.307 e. The molecule has 1 aromatic carbocycles. The van der Waals surface area contributed by atoms with Gasteiger partial charge in [0, 0.05) is 23.5 Å². The van der Waals surface area contributed by atoms with Gasteiger partial charge in [0.2, 0.25) is 5.91 Å². The average Bonchev–Trinajstić information content (AvgIpc) is 3.28. The van der Waals surface area contributed by atoms with Crippen molar-refractivity contribution in [1.82, 2.24) is 10.2 Å². The number of nitrogens with zero attached hydrogens (tertiary/aromatic N) is 1. The third-order valence-electron chi connectivity index (χ3n) is 5.11. The normalized spacial score (nSPS) is 15.6. The predicted octanol–water partition coefficient (Wildman–Crippen LogP) is 3.31. The molecule has 1 aliphatic rings. The summed E-state index contributed by atoms with van der Waals surface area (Å²) in [6.45, 7) is 1.00. The minimum atomic E-state index is -0.464. The molecule has 1 aromatic heterocycles. The lowest BCUT2D eigenvalue weighted by Crippen LogP contribution is -2.44. The summed E-state index contributed by atoms with van der Waals surface area (Å²) < 4.78 is 10.7. The first-order valence-electron chi connectivity index (χ1n) is 9.42. The average molecular weight is 463 g/mol. The van der Waals surface area contributed by atoms with E-state index in [1.165, 1.54) is 19.6 Å². The highest BCUT2D eigenvalue weighted by atomic mass is 79.9. The van der Waals surface area contributed by atoms with E-state index in [0.29, 0.717) is 31.5 Å². The van der Waals surface area contributed by atoms with Gasteiger partial charge in [0.05, 0.1) is 31.4 Å². The number of likely N-dealkylation sites (tertiary alicyclic amines) is 1. The number of amides is 2. The van der Waals surface area contributed by atoms with Gasteiger partial charge in [-0.1, -0.05) is 28.1 Å². The molecule has 3 rings (SSSR count). The summed E-state index contributed by atoms with van der Waals surface area (Å²) in [4.78, 5) is 38.8. The number of halogens is 1. The molecule has 1 aliphatic heterocycles. The number of carbonyl (C=O) groups is 3. The van der Waals surface area contributed by atoms with Crippen molar-refractivity contribution in [2.24, 2.45) is 5.92 Å². The Morgan fingerprint density at radius 1 is 1.21 bits per heavy atom. The number of carbonyl (C=O) groups excluding carboxylic acids is 3. The van der Waals surface area contributed by atoms with Gasteiger partial charge in [-0.05, 0) is 36.6 Å². The van der Waals surface area contributed by atoms with Crippen molar-refractivity contribution in [2.75, 3.05) is 20.2 Å². The van der Waals surface area contributed by atoms with E-state index >= 15 is 0 Å². The van der Waals surface area contributed by atoms with Gasteiger partial charge in [-0.3, -0.25) is 14.4 Å². The first-order chi connectivity index (χ1) is 14.0. The van der Waals surface area contributed by atoms with Crippen LogP contribution in [0.2, 0.25) is 0 Å². The maximum atomic E-state index is 12.8. The summed E-state index contributed by atoms with van der Waals surface area (Å²) >= 11 is 3.39. The third-order valence-corrected chi connectivity index (χ3v) is 5.64. The van der Waals surface area contributed by atoms with Gasteiger partial charge in [-0.2, -0.15) is 0 Å². The Morgan fingerprint density at radius 3 is 2.48 bits per heavy atom. The summed E-state index contributed by atoms with van der Waals surface area (Å²) in [6, 6.07) is 8.64. The molecule has 0 bridgehead atoms. The number of benzene rings is 1.